The molecule has 0 fully saturated rings. The van der Waals surface area contributed by atoms with Crippen LogP contribution in [-0.4, -0.2) is 33.7 Å². The number of hydrogen-bond acceptors (Lipinski definition) is 5. The number of methoxy groups -OCH3 is 1. The summed E-state index contributed by atoms with van der Waals surface area (Å²) in [5.41, 5.74) is 1.14. The predicted molar refractivity (Wildman–Crippen MR) is 95.0 cm³/mol. The summed E-state index contributed by atoms with van der Waals surface area (Å²) in [5, 5.41) is 0. The lowest BCUT2D eigenvalue weighted by Gasteiger charge is -2.18. The Morgan fingerprint density at radius 3 is 2.60 bits per heavy atom. The number of fused-ring (bicyclic) bond motifs is 1. The Morgan fingerprint density at radius 1 is 1.12 bits per heavy atom. The van der Waals surface area contributed by atoms with Gasteiger partial charge in [-0.25, -0.2) is 8.42 Å². The first-order chi connectivity index (χ1) is 12.0. The summed E-state index contributed by atoms with van der Waals surface area (Å²) in [7, 11) is -1.99. The zero-order valence-corrected chi connectivity index (χ0v) is 14.8. The molecular weight excluding hydrogens is 340 g/mol. The van der Waals surface area contributed by atoms with E-state index in [0.29, 0.717) is 23.7 Å². The number of carbonyl (C=O) groups excluding carboxylic acids is 1. The molecule has 6 heteroatoms. The SMILES string of the molecule is CCOc1ccc(/C=C2/CS(=O)(=O)c3ccccc3C2=O)cc1OC. The smallest absolute Gasteiger partial charge is 0.191 e. The Bertz CT molecular complexity index is 958. The molecule has 3 rings (SSSR count). The third-order valence-corrected chi connectivity index (χ3v) is 5.65. The van der Waals surface area contributed by atoms with Crippen molar-refractivity contribution in [2.24, 2.45) is 0 Å². The first-order valence-corrected chi connectivity index (χ1v) is 9.49. The Kier molecular flexibility index (Phi) is 4.63. The van der Waals surface area contributed by atoms with E-state index in [2.05, 4.69) is 0 Å². The fourth-order valence-electron chi connectivity index (χ4n) is 2.80. The molecule has 0 amide bonds. The topological polar surface area (TPSA) is 69.7 Å². The molecule has 25 heavy (non-hydrogen) atoms. The lowest BCUT2D eigenvalue weighted by atomic mass is 10.0. The summed E-state index contributed by atoms with van der Waals surface area (Å²) in [5.74, 6) is 0.555. The third-order valence-electron chi connectivity index (χ3n) is 3.93. The highest BCUT2D eigenvalue weighted by molar-refractivity contribution is 7.91. The van der Waals surface area contributed by atoms with Gasteiger partial charge in [-0.05, 0) is 42.8 Å². The first-order valence-electron chi connectivity index (χ1n) is 7.84. The molecular formula is C19H18O5S. The van der Waals surface area contributed by atoms with Crippen LogP contribution < -0.4 is 9.47 Å². The maximum absolute atomic E-state index is 12.6. The van der Waals surface area contributed by atoms with E-state index in [0.717, 1.165) is 0 Å². The van der Waals surface area contributed by atoms with Crippen molar-refractivity contribution >= 4 is 21.7 Å². The molecule has 0 atom stereocenters. The van der Waals surface area contributed by atoms with Gasteiger partial charge in [0.25, 0.3) is 0 Å². The minimum atomic E-state index is -3.52. The van der Waals surface area contributed by atoms with Crippen LogP contribution in [0.3, 0.4) is 0 Å². The second kappa shape index (κ2) is 6.72. The highest BCUT2D eigenvalue weighted by atomic mass is 32.2. The number of rotatable bonds is 4. The molecule has 0 saturated heterocycles. The van der Waals surface area contributed by atoms with Crippen LogP contribution in [0.15, 0.2) is 52.9 Å². The minimum Gasteiger partial charge on any atom is -0.493 e. The fourth-order valence-corrected chi connectivity index (χ4v) is 4.36. The van der Waals surface area contributed by atoms with Gasteiger partial charge in [-0.15, -0.1) is 0 Å². The maximum atomic E-state index is 12.6. The molecule has 0 aromatic heterocycles. The molecule has 130 valence electrons. The quantitative estimate of drug-likeness (QED) is 0.785. The lowest BCUT2D eigenvalue weighted by Crippen LogP contribution is -2.24. The summed E-state index contributed by atoms with van der Waals surface area (Å²) >= 11 is 0. The van der Waals surface area contributed by atoms with Crippen LogP contribution in [0.1, 0.15) is 22.8 Å². The maximum Gasteiger partial charge on any atom is 0.191 e. The van der Waals surface area contributed by atoms with E-state index >= 15 is 0 Å². The van der Waals surface area contributed by atoms with Crippen molar-refractivity contribution in [3.63, 3.8) is 0 Å². The van der Waals surface area contributed by atoms with Crippen LogP contribution in [0.5, 0.6) is 11.5 Å². The van der Waals surface area contributed by atoms with Gasteiger partial charge in [-0.3, -0.25) is 4.79 Å². The Balaban J connectivity index is 2.04. The molecule has 2 aromatic rings. The van der Waals surface area contributed by atoms with Crippen LogP contribution in [0.2, 0.25) is 0 Å². The number of ether oxygens (including phenoxy) is 2. The number of sulfone groups is 1. The average molecular weight is 358 g/mol. The second-order valence-electron chi connectivity index (χ2n) is 5.60. The number of ketones is 1. The summed E-state index contributed by atoms with van der Waals surface area (Å²) < 4.78 is 35.6. The molecule has 1 heterocycles. The van der Waals surface area contributed by atoms with Crippen LogP contribution in [-0.2, 0) is 9.84 Å². The van der Waals surface area contributed by atoms with Crippen LogP contribution in [0.4, 0.5) is 0 Å². The monoisotopic (exact) mass is 358 g/mol. The molecule has 0 N–H and O–H groups in total. The Hall–Kier alpha value is -2.60. The molecule has 1 aliphatic rings. The molecule has 0 spiro atoms. The van der Waals surface area contributed by atoms with E-state index in [1.165, 1.54) is 13.2 Å². The van der Waals surface area contributed by atoms with E-state index in [9.17, 15) is 13.2 Å². The average Bonchev–Trinajstić information content (AvgIpc) is 2.61. The molecule has 0 bridgehead atoms. The summed E-state index contributed by atoms with van der Waals surface area (Å²) in [6, 6.07) is 11.5. The summed E-state index contributed by atoms with van der Waals surface area (Å²) in [4.78, 5) is 12.7. The fraction of sp³-hybridized carbons (Fsp3) is 0.211. The van der Waals surface area contributed by atoms with Crippen LogP contribution in [0.25, 0.3) is 6.08 Å². The van der Waals surface area contributed by atoms with E-state index < -0.39 is 9.84 Å². The Labute approximate surface area is 146 Å². The van der Waals surface area contributed by atoms with Crippen molar-refractivity contribution in [1.82, 2.24) is 0 Å². The highest BCUT2D eigenvalue weighted by Crippen LogP contribution is 2.32. The van der Waals surface area contributed by atoms with Crippen LogP contribution >= 0.6 is 0 Å². The van der Waals surface area contributed by atoms with Crippen molar-refractivity contribution in [2.75, 3.05) is 19.5 Å². The number of benzene rings is 2. The molecule has 0 radical (unpaired) electrons. The lowest BCUT2D eigenvalue weighted by molar-refractivity contribution is 0.103. The van der Waals surface area contributed by atoms with Crippen molar-refractivity contribution in [3.05, 3.63) is 59.2 Å². The zero-order valence-electron chi connectivity index (χ0n) is 14.0. The van der Waals surface area contributed by atoms with Crippen LogP contribution in [0, 0.1) is 0 Å². The summed E-state index contributed by atoms with van der Waals surface area (Å²) in [6.07, 6.45) is 1.59. The van der Waals surface area contributed by atoms with E-state index in [-0.39, 0.29) is 27.6 Å². The number of carbonyl (C=O) groups is 1. The van der Waals surface area contributed by atoms with E-state index in [1.54, 1.807) is 42.5 Å². The highest BCUT2D eigenvalue weighted by Gasteiger charge is 2.32. The van der Waals surface area contributed by atoms with Crippen molar-refractivity contribution < 1.29 is 22.7 Å². The van der Waals surface area contributed by atoms with E-state index in [1.807, 2.05) is 6.92 Å². The standard InChI is InChI=1S/C19H18O5S/c1-3-24-16-9-8-13(11-17(16)23-2)10-14-12-25(21,22)18-7-5-4-6-15(18)19(14)20/h4-11H,3,12H2,1-2H3/b14-10-. The second-order valence-corrected chi connectivity index (χ2v) is 7.56. The van der Waals surface area contributed by atoms with Gasteiger partial charge in [0, 0.05) is 11.1 Å². The van der Waals surface area contributed by atoms with E-state index in [4.69, 9.17) is 9.47 Å². The van der Waals surface area contributed by atoms with Gasteiger partial charge in [0.2, 0.25) is 0 Å². The molecule has 0 aliphatic carbocycles. The zero-order chi connectivity index (χ0) is 18.0. The molecule has 0 saturated carbocycles. The molecule has 1 aliphatic heterocycles. The minimum absolute atomic E-state index is 0.0985. The molecule has 2 aromatic carbocycles. The third kappa shape index (κ3) is 3.30. The Morgan fingerprint density at radius 2 is 1.88 bits per heavy atom. The number of hydrogen-bond donors (Lipinski definition) is 0. The first kappa shape index (κ1) is 17.2. The van der Waals surface area contributed by atoms with Gasteiger partial charge in [0.1, 0.15) is 0 Å². The summed E-state index contributed by atoms with van der Waals surface area (Å²) in [6.45, 7) is 2.38. The van der Waals surface area contributed by atoms with Crippen molar-refractivity contribution in [3.8, 4) is 11.5 Å². The molecule has 5 nitrogen and oxygen atoms in total. The van der Waals surface area contributed by atoms with Gasteiger partial charge in [-0.1, -0.05) is 18.2 Å². The van der Waals surface area contributed by atoms with Crippen molar-refractivity contribution in [2.45, 2.75) is 11.8 Å². The van der Waals surface area contributed by atoms with Gasteiger partial charge >= 0.3 is 0 Å². The normalized spacial score (nSPS) is 17.2. The van der Waals surface area contributed by atoms with Gasteiger partial charge in [0.15, 0.2) is 27.1 Å². The van der Waals surface area contributed by atoms with Crippen molar-refractivity contribution in [1.29, 1.82) is 0 Å². The van der Waals surface area contributed by atoms with Gasteiger partial charge < -0.3 is 9.47 Å². The number of Topliss-reactive ketones (excluding diaryl/α,β-unsaturated/α-hetero) is 1. The largest absolute Gasteiger partial charge is 0.493 e. The van der Waals surface area contributed by atoms with Gasteiger partial charge in [0.05, 0.1) is 24.4 Å². The predicted octanol–water partition coefficient (Wildman–Crippen LogP) is 3.15. The molecule has 0 unspecified atom stereocenters. The van der Waals surface area contributed by atoms with Gasteiger partial charge in [-0.2, -0.15) is 0 Å².